The third kappa shape index (κ3) is 4.53. The molecule has 1 rings (SSSR count). The molecule has 0 fully saturated rings. The Kier molecular flexibility index (Phi) is 5.10. The van der Waals surface area contributed by atoms with Crippen molar-refractivity contribution in [1.82, 2.24) is 0 Å². The van der Waals surface area contributed by atoms with Gasteiger partial charge in [0, 0.05) is 18.2 Å². The lowest BCUT2D eigenvalue weighted by Crippen LogP contribution is -2.27. The second-order valence-corrected chi connectivity index (χ2v) is 4.26. The van der Waals surface area contributed by atoms with Gasteiger partial charge in [-0.1, -0.05) is 19.4 Å². The fraction of sp³-hybridized carbons (Fsp3) is 0.462. The van der Waals surface area contributed by atoms with Crippen LogP contribution in [-0.2, 0) is 4.79 Å². The van der Waals surface area contributed by atoms with Crippen LogP contribution in [0.4, 0.5) is 10.1 Å². The smallest absolute Gasteiger partial charge is 0.225 e. The summed E-state index contributed by atoms with van der Waals surface area (Å²) in [5.74, 6) is -0.525. The van der Waals surface area contributed by atoms with Gasteiger partial charge >= 0.3 is 0 Å². The summed E-state index contributed by atoms with van der Waals surface area (Å²) in [6, 6.07) is 4.19. The molecule has 3 nitrogen and oxygen atoms in total. The van der Waals surface area contributed by atoms with Gasteiger partial charge in [0.25, 0.3) is 0 Å². The van der Waals surface area contributed by atoms with Crippen LogP contribution in [0.1, 0.15) is 31.7 Å². The Morgan fingerprint density at radius 2 is 2.24 bits per heavy atom. The molecular formula is C13H19FN2O. The van der Waals surface area contributed by atoms with Crippen LogP contribution in [0.15, 0.2) is 18.2 Å². The van der Waals surface area contributed by atoms with Crippen molar-refractivity contribution in [1.29, 1.82) is 0 Å². The molecule has 94 valence electrons. The number of hydrogen-bond acceptors (Lipinski definition) is 2. The molecule has 1 amide bonds. The molecule has 1 aromatic rings. The Balaban J connectivity index is 2.58. The Hall–Kier alpha value is -1.42. The molecule has 0 radical (unpaired) electrons. The number of nitrogens with one attached hydrogen (secondary N) is 1. The van der Waals surface area contributed by atoms with E-state index in [1.807, 2.05) is 13.8 Å². The number of hydrogen-bond donors (Lipinski definition) is 2. The summed E-state index contributed by atoms with van der Waals surface area (Å²) in [7, 11) is 0. The number of amides is 1. The molecule has 1 unspecified atom stereocenters. The van der Waals surface area contributed by atoms with Gasteiger partial charge < -0.3 is 11.1 Å². The van der Waals surface area contributed by atoms with Crippen molar-refractivity contribution >= 4 is 11.6 Å². The fourth-order valence-electron chi connectivity index (χ4n) is 1.64. The molecule has 3 N–H and O–H groups in total. The normalized spacial score (nSPS) is 12.2. The molecule has 0 saturated heterocycles. The summed E-state index contributed by atoms with van der Waals surface area (Å²) in [6.07, 6.45) is 2.03. The van der Waals surface area contributed by atoms with Crippen LogP contribution >= 0.6 is 0 Å². The number of nitrogens with two attached hydrogens (primary N) is 1. The topological polar surface area (TPSA) is 55.1 Å². The molecule has 17 heavy (non-hydrogen) atoms. The van der Waals surface area contributed by atoms with Gasteiger partial charge in [0.15, 0.2) is 0 Å². The lowest BCUT2D eigenvalue weighted by atomic mass is 10.1. The van der Waals surface area contributed by atoms with Gasteiger partial charge in [-0.2, -0.15) is 0 Å². The second-order valence-electron chi connectivity index (χ2n) is 4.26. The van der Waals surface area contributed by atoms with Crippen LogP contribution in [0.25, 0.3) is 0 Å². The highest BCUT2D eigenvalue weighted by atomic mass is 19.1. The molecule has 0 aliphatic heterocycles. The van der Waals surface area contributed by atoms with Crippen LogP contribution in [0.2, 0.25) is 0 Å². The van der Waals surface area contributed by atoms with Gasteiger partial charge in [-0.15, -0.1) is 0 Å². The van der Waals surface area contributed by atoms with E-state index in [0.29, 0.717) is 5.69 Å². The summed E-state index contributed by atoms with van der Waals surface area (Å²) in [4.78, 5) is 11.6. The molecule has 0 saturated carbocycles. The van der Waals surface area contributed by atoms with Crippen molar-refractivity contribution in [3.63, 3.8) is 0 Å². The van der Waals surface area contributed by atoms with Crippen molar-refractivity contribution in [2.45, 2.75) is 39.2 Å². The summed E-state index contributed by atoms with van der Waals surface area (Å²) in [6.45, 7) is 3.84. The average molecular weight is 238 g/mol. The van der Waals surface area contributed by atoms with E-state index in [4.69, 9.17) is 5.73 Å². The predicted molar refractivity (Wildman–Crippen MR) is 67.3 cm³/mol. The fourth-order valence-corrected chi connectivity index (χ4v) is 1.64. The minimum absolute atomic E-state index is 0.131. The molecule has 4 heteroatoms. The maximum Gasteiger partial charge on any atom is 0.225 e. The van der Waals surface area contributed by atoms with Crippen LogP contribution in [-0.4, -0.2) is 11.9 Å². The van der Waals surface area contributed by atoms with Gasteiger partial charge in [-0.25, -0.2) is 4.39 Å². The largest absolute Gasteiger partial charge is 0.327 e. The van der Waals surface area contributed by atoms with E-state index in [-0.39, 0.29) is 24.2 Å². The maximum atomic E-state index is 13.0. The van der Waals surface area contributed by atoms with Gasteiger partial charge in [-0.3, -0.25) is 4.79 Å². The van der Waals surface area contributed by atoms with E-state index >= 15 is 0 Å². The van der Waals surface area contributed by atoms with Gasteiger partial charge in [0.1, 0.15) is 5.82 Å². The quantitative estimate of drug-likeness (QED) is 0.828. The van der Waals surface area contributed by atoms with Crippen molar-refractivity contribution in [3.05, 3.63) is 29.6 Å². The molecule has 1 aromatic carbocycles. The number of carbonyl (C=O) groups excluding carboxylic acids is 1. The van der Waals surface area contributed by atoms with E-state index in [2.05, 4.69) is 5.32 Å². The first kappa shape index (κ1) is 13.6. The number of halogens is 1. The van der Waals surface area contributed by atoms with Crippen molar-refractivity contribution in [3.8, 4) is 0 Å². The summed E-state index contributed by atoms with van der Waals surface area (Å²) < 4.78 is 13.0. The first-order chi connectivity index (χ1) is 8.02. The molecular weight excluding hydrogens is 219 g/mol. The molecule has 0 bridgehead atoms. The third-order valence-corrected chi connectivity index (χ3v) is 2.58. The maximum absolute atomic E-state index is 13.0. The predicted octanol–water partition coefficient (Wildman–Crippen LogP) is 2.59. The zero-order chi connectivity index (χ0) is 12.8. The molecule has 1 atom stereocenters. The minimum Gasteiger partial charge on any atom is -0.327 e. The van der Waals surface area contributed by atoms with Crippen LogP contribution in [0, 0.1) is 12.7 Å². The lowest BCUT2D eigenvalue weighted by molar-refractivity contribution is -0.116. The zero-order valence-corrected chi connectivity index (χ0v) is 10.3. The lowest BCUT2D eigenvalue weighted by Gasteiger charge is -2.12. The molecule has 0 aromatic heterocycles. The number of rotatable bonds is 5. The first-order valence-corrected chi connectivity index (χ1v) is 5.84. The van der Waals surface area contributed by atoms with Crippen LogP contribution in [0.3, 0.4) is 0 Å². The highest BCUT2D eigenvalue weighted by Crippen LogP contribution is 2.16. The molecule has 0 spiro atoms. The summed E-state index contributed by atoms with van der Waals surface area (Å²) in [5.41, 5.74) is 7.12. The van der Waals surface area contributed by atoms with E-state index < -0.39 is 0 Å². The van der Waals surface area contributed by atoms with Gasteiger partial charge in [0.05, 0.1) is 0 Å². The highest BCUT2D eigenvalue weighted by molar-refractivity contribution is 5.91. The van der Waals surface area contributed by atoms with Crippen LogP contribution in [0.5, 0.6) is 0 Å². The third-order valence-electron chi connectivity index (χ3n) is 2.58. The molecule has 0 aliphatic rings. The Labute approximate surface area is 101 Å². The summed E-state index contributed by atoms with van der Waals surface area (Å²) >= 11 is 0. The van der Waals surface area contributed by atoms with E-state index in [9.17, 15) is 9.18 Å². The molecule has 0 heterocycles. The standard InChI is InChI=1S/C13H19FN2O/c1-3-4-11(15)8-13(17)16-12-7-10(14)6-5-9(12)2/h5-7,11H,3-4,8,15H2,1-2H3,(H,16,17). The Morgan fingerprint density at radius 1 is 1.53 bits per heavy atom. The monoisotopic (exact) mass is 238 g/mol. The van der Waals surface area contributed by atoms with Crippen LogP contribution < -0.4 is 11.1 Å². The molecule has 0 aliphatic carbocycles. The van der Waals surface area contributed by atoms with Gasteiger partial charge in [-0.05, 0) is 31.0 Å². The average Bonchev–Trinajstić information content (AvgIpc) is 2.23. The number of anilines is 1. The summed E-state index contributed by atoms with van der Waals surface area (Å²) in [5, 5.41) is 2.68. The van der Waals surface area contributed by atoms with E-state index in [0.717, 1.165) is 18.4 Å². The highest BCUT2D eigenvalue weighted by Gasteiger charge is 2.10. The van der Waals surface area contributed by atoms with Crippen molar-refractivity contribution in [2.24, 2.45) is 5.73 Å². The minimum atomic E-state index is -0.358. The number of aryl methyl sites for hydroxylation is 1. The van der Waals surface area contributed by atoms with Gasteiger partial charge in [0.2, 0.25) is 5.91 Å². The first-order valence-electron chi connectivity index (χ1n) is 5.84. The van der Waals surface area contributed by atoms with E-state index in [1.165, 1.54) is 12.1 Å². The van der Waals surface area contributed by atoms with Crippen molar-refractivity contribution < 1.29 is 9.18 Å². The van der Waals surface area contributed by atoms with E-state index in [1.54, 1.807) is 6.07 Å². The Bertz CT molecular complexity index is 393. The number of benzene rings is 1. The van der Waals surface area contributed by atoms with Crippen molar-refractivity contribution in [2.75, 3.05) is 5.32 Å². The second kappa shape index (κ2) is 6.35. The Morgan fingerprint density at radius 3 is 2.88 bits per heavy atom. The zero-order valence-electron chi connectivity index (χ0n) is 10.3. The SMILES string of the molecule is CCCC(N)CC(=O)Nc1cc(F)ccc1C. The number of carbonyl (C=O) groups is 1.